The lowest BCUT2D eigenvalue weighted by Crippen LogP contribution is -2.38. The van der Waals surface area contributed by atoms with E-state index in [4.69, 9.17) is 9.47 Å². The van der Waals surface area contributed by atoms with Gasteiger partial charge >= 0.3 is 5.97 Å². The summed E-state index contributed by atoms with van der Waals surface area (Å²) in [5.74, 6) is 1.37. The molecule has 0 spiro atoms. The summed E-state index contributed by atoms with van der Waals surface area (Å²) in [5.41, 5.74) is 3.80. The van der Waals surface area contributed by atoms with Crippen LogP contribution in [0.3, 0.4) is 0 Å². The summed E-state index contributed by atoms with van der Waals surface area (Å²) in [5, 5.41) is 7.50. The van der Waals surface area contributed by atoms with E-state index in [1.54, 1.807) is 36.7 Å². The number of carbonyl (C=O) groups is 2. The zero-order chi connectivity index (χ0) is 23.7. The number of methoxy groups -OCH3 is 1. The van der Waals surface area contributed by atoms with Crippen LogP contribution in [-0.4, -0.2) is 19.0 Å². The number of anilines is 1. The molecule has 7 heteroatoms. The highest BCUT2D eigenvalue weighted by atomic mass is 32.1. The lowest BCUT2D eigenvalue weighted by atomic mass is 9.88. The Morgan fingerprint density at radius 2 is 1.79 bits per heavy atom. The van der Waals surface area contributed by atoms with E-state index in [1.165, 1.54) is 16.5 Å². The molecule has 2 aliphatic rings. The fourth-order valence-electron chi connectivity index (χ4n) is 4.39. The Morgan fingerprint density at radius 3 is 2.53 bits per heavy atom. The second-order valence-corrected chi connectivity index (χ2v) is 9.81. The summed E-state index contributed by atoms with van der Waals surface area (Å²) in [4.78, 5) is 26.4. The highest BCUT2D eigenvalue weighted by Gasteiger charge is 2.33. The minimum atomic E-state index is -0.462. The van der Waals surface area contributed by atoms with Crippen molar-refractivity contribution < 1.29 is 19.1 Å². The second-order valence-electron chi connectivity index (χ2n) is 8.70. The van der Waals surface area contributed by atoms with Crippen LogP contribution in [0, 0.1) is 5.92 Å². The quantitative estimate of drug-likeness (QED) is 0.296. The number of amides is 1. The average molecular weight is 475 g/mol. The minimum absolute atomic E-state index is 0.0232. The molecule has 1 amide bonds. The molecule has 2 aromatic carbocycles. The SMILES string of the molecule is COc1ccc(/C=C/C(=O)Oc2ccc([C@@H]3NC(=O)c4c(sc5c4CC[C@H](C)C5)N3)cc2)cc1. The summed E-state index contributed by atoms with van der Waals surface area (Å²) in [6.45, 7) is 2.27. The van der Waals surface area contributed by atoms with Crippen molar-refractivity contribution in [1.29, 1.82) is 0 Å². The highest BCUT2D eigenvalue weighted by Crippen LogP contribution is 2.42. The van der Waals surface area contributed by atoms with E-state index in [1.807, 2.05) is 36.4 Å². The van der Waals surface area contributed by atoms with Gasteiger partial charge in [0.05, 0.1) is 12.7 Å². The van der Waals surface area contributed by atoms with Gasteiger partial charge in [0.1, 0.15) is 22.7 Å². The zero-order valence-electron chi connectivity index (χ0n) is 19.1. The van der Waals surface area contributed by atoms with Gasteiger partial charge in [-0.25, -0.2) is 4.79 Å². The molecule has 174 valence electrons. The third-order valence-electron chi connectivity index (χ3n) is 6.25. The number of esters is 1. The van der Waals surface area contributed by atoms with Crippen molar-refractivity contribution >= 4 is 34.3 Å². The Balaban J connectivity index is 1.23. The van der Waals surface area contributed by atoms with E-state index < -0.39 is 5.97 Å². The molecule has 2 heterocycles. The summed E-state index contributed by atoms with van der Waals surface area (Å²) in [6, 6.07) is 14.6. The second kappa shape index (κ2) is 9.35. The molecule has 5 rings (SSSR count). The largest absolute Gasteiger partial charge is 0.497 e. The number of carbonyl (C=O) groups excluding carboxylic acids is 2. The van der Waals surface area contributed by atoms with Crippen LogP contribution < -0.4 is 20.1 Å². The molecule has 0 saturated heterocycles. The van der Waals surface area contributed by atoms with Crippen LogP contribution in [0.4, 0.5) is 5.00 Å². The van der Waals surface area contributed by atoms with E-state index in [0.717, 1.165) is 46.7 Å². The molecule has 0 radical (unpaired) electrons. The van der Waals surface area contributed by atoms with Gasteiger partial charge in [-0.3, -0.25) is 4.79 Å². The van der Waals surface area contributed by atoms with E-state index in [9.17, 15) is 9.59 Å². The van der Waals surface area contributed by atoms with Crippen molar-refractivity contribution in [3.05, 3.63) is 81.7 Å². The third-order valence-corrected chi connectivity index (χ3v) is 7.43. The van der Waals surface area contributed by atoms with Crippen molar-refractivity contribution in [3.63, 3.8) is 0 Å². The Kier molecular flexibility index (Phi) is 6.11. The fourth-order valence-corrected chi connectivity index (χ4v) is 5.82. The Morgan fingerprint density at radius 1 is 1.06 bits per heavy atom. The zero-order valence-corrected chi connectivity index (χ0v) is 19.9. The van der Waals surface area contributed by atoms with Crippen LogP contribution >= 0.6 is 11.3 Å². The van der Waals surface area contributed by atoms with E-state index in [-0.39, 0.29) is 12.1 Å². The van der Waals surface area contributed by atoms with Gasteiger partial charge in [-0.15, -0.1) is 11.3 Å². The lowest BCUT2D eigenvalue weighted by molar-refractivity contribution is -0.128. The number of fused-ring (bicyclic) bond motifs is 3. The lowest BCUT2D eigenvalue weighted by Gasteiger charge is -2.27. The molecule has 34 heavy (non-hydrogen) atoms. The van der Waals surface area contributed by atoms with E-state index in [0.29, 0.717) is 11.7 Å². The van der Waals surface area contributed by atoms with Gasteiger partial charge < -0.3 is 20.1 Å². The standard InChI is InChI=1S/C27H26N2O4S/c1-16-3-13-21-22(15-16)34-27-24(21)26(31)28-25(29-27)18-7-11-20(12-8-18)33-23(30)14-6-17-4-9-19(32-2)10-5-17/h4-12,14,16,25,29H,3,13,15H2,1-2H3,(H,28,31)/b14-6+/t16-,25+/m0/s1. The molecule has 0 saturated carbocycles. The molecule has 1 aliphatic heterocycles. The highest BCUT2D eigenvalue weighted by molar-refractivity contribution is 7.16. The molecular weight excluding hydrogens is 448 g/mol. The van der Waals surface area contributed by atoms with Crippen molar-refractivity contribution in [2.75, 3.05) is 12.4 Å². The Hall–Kier alpha value is -3.58. The first-order valence-electron chi connectivity index (χ1n) is 11.4. The van der Waals surface area contributed by atoms with Crippen LogP contribution in [0.2, 0.25) is 0 Å². The molecule has 1 aliphatic carbocycles. The summed E-state index contributed by atoms with van der Waals surface area (Å²) in [6.07, 6.45) is 5.89. The van der Waals surface area contributed by atoms with Gasteiger partial charge in [-0.05, 0) is 72.2 Å². The number of ether oxygens (including phenoxy) is 2. The topological polar surface area (TPSA) is 76.7 Å². The first-order valence-corrected chi connectivity index (χ1v) is 12.2. The predicted octanol–water partition coefficient (Wildman–Crippen LogP) is 5.35. The van der Waals surface area contributed by atoms with Crippen LogP contribution in [0.15, 0.2) is 54.6 Å². The molecule has 1 aromatic heterocycles. The van der Waals surface area contributed by atoms with Gasteiger partial charge in [0.2, 0.25) is 0 Å². The van der Waals surface area contributed by atoms with Crippen LogP contribution in [-0.2, 0) is 17.6 Å². The molecule has 0 unspecified atom stereocenters. The van der Waals surface area contributed by atoms with Crippen LogP contribution in [0.5, 0.6) is 11.5 Å². The predicted molar refractivity (Wildman–Crippen MR) is 133 cm³/mol. The molecule has 0 fully saturated rings. The van der Waals surface area contributed by atoms with Crippen molar-refractivity contribution in [1.82, 2.24) is 5.32 Å². The number of benzene rings is 2. The van der Waals surface area contributed by atoms with Crippen LogP contribution in [0.1, 0.15) is 51.4 Å². The van der Waals surface area contributed by atoms with Gasteiger partial charge in [0, 0.05) is 11.0 Å². The monoisotopic (exact) mass is 474 g/mol. The van der Waals surface area contributed by atoms with Gasteiger partial charge in [0.15, 0.2) is 0 Å². The van der Waals surface area contributed by atoms with Crippen molar-refractivity contribution in [2.45, 2.75) is 32.4 Å². The summed E-state index contributed by atoms with van der Waals surface area (Å²) < 4.78 is 10.5. The number of thiophene rings is 1. The molecule has 2 atom stereocenters. The third kappa shape index (κ3) is 4.56. The van der Waals surface area contributed by atoms with E-state index >= 15 is 0 Å². The molecule has 0 bridgehead atoms. The number of hydrogen-bond donors (Lipinski definition) is 2. The van der Waals surface area contributed by atoms with E-state index in [2.05, 4.69) is 17.6 Å². The van der Waals surface area contributed by atoms with Gasteiger partial charge in [0.25, 0.3) is 5.91 Å². The summed E-state index contributed by atoms with van der Waals surface area (Å²) >= 11 is 1.70. The molecule has 6 nitrogen and oxygen atoms in total. The molecule has 3 aromatic rings. The smallest absolute Gasteiger partial charge is 0.336 e. The number of hydrogen-bond acceptors (Lipinski definition) is 6. The maximum atomic E-state index is 12.9. The van der Waals surface area contributed by atoms with Crippen molar-refractivity contribution in [3.8, 4) is 11.5 Å². The maximum absolute atomic E-state index is 12.9. The number of rotatable bonds is 5. The first kappa shape index (κ1) is 22.2. The number of nitrogens with one attached hydrogen (secondary N) is 2. The Labute approximate surface area is 202 Å². The minimum Gasteiger partial charge on any atom is -0.497 e. The maximum Gasteiger partial charge on any atom is 0.336 e. The normalized spacial score (nSPS) is 19.1. The van der Waals surface area contributed by atoms with Crippen LogP contribution in [0.25, 0.3) is 6.08 Å². The Bertz CT molecular complexity index is 1240. The van der Waals surface area contributed by atoms with Gasteiger partial charge in [-0.1, -0.05) is 31.2 Å². The summed E-state index contributed by atoms with van der Waals surface area (Å²) in [7, 11) is 1.61. The van der Waals surface area contributed by atoms with Gasteiger partial charge in [-0.2, -0.15) is 0 Å². The first-order chi connectivity index (χ1) is 16.5. The molecule has 2 N–H and O–H groups in total. The fraction of sp³-hybridized carbons (Fsp3) is 0.259. The molecular formula is C27H26N2O4S. The van der Waals surface area contributed by atoms with Crippen molar-refractivity contribution in [2.24, 2.45) is 5.92 Å². The average Bonchev–Trinajstić information content (AvgIpc) is 3.21.